The van der Waals surface area contributed by atoms with E-state index in [2.05, 4.69) is 25.7 Å². The molecule has 0 aliphatic carbocycles. The maximum Gasteiger partial charge on any atom is 0.0646 e. The van der Waals surface area contributed by atoms with Crippen LogP contribution in [0.3, 0.4) is 0 Å². The molecule has 1 aliphatic rings. The molecule has 1 heterocycles. The zero-order chi connectivity index (χ0) is 8.32. The number of hydrogen-bond acceptors (Lipinski definition) is 2. The summed E-state index contributed by atoms with van der Waals surface area (Å²) in [5.41, 5.74) is 0.174. The molecule has 11 heavy (non-hydrogen) atoms. The third-order valence-electron chi connectivity index (χ3n) is 2.15. The second-order valence-corrected chi connectivity index (χ2v) is 3.53. The van der Waals surface area contributed by atoms with Gasteiger partial charge in [-0.2, -0.15) is 0 Å². The molecular weight excluding hydrogens is 138 g/mol. The summed E-state index contributed by atoms with van der Waals surface area (Å²) in [6, 6.07) is 0.377. The van der Waals surface area contributed by atoms with Crippen LogP contribution < -0.4 is 5.32 Å². The van der Waals surface area contributed by atoms with Gasteiger partial charge >= 0.3 is 0 Å². The van der Waals surface area contributed by atoms with Gasteiger partial charge in [-0.05, 0) is 20.3 Å². The van der Waals surface area contributed by atoms with Gasteiger partial charge in [0, 0.05) is 18.2 Å². The quantitative estimate of drug-likeness (QED) is 0.621. The summed E-state index contributed by atoms with van der Waals surface area (Å²) in [5.74, 6) is 0. The molecule has 1 rings (SSSR count). The average Bonchev–Trinajstić information content (AvgIpc) is 2.36. The van der Waals surface area contributed by atoms with Gasteiger partial charge in [0.25, 0.3) is 0 Å². The first-order valence-corrected chi connectivity index (χ1v) is 4.14. The summed E-state index contributed by atoms with van der Waals surface area (Å²) in [5, 5.41) is 3.46. The lowest BCUT2D eigenvalue weighted by Crippen LogP contribution is -2.46. The minimum absolute atomic E-state index is 0.174. The molecule has 0 radical (unpaired) electrons. The molecule has 0 bridgehead atoms. The topological polar surface area (TPSA) is 21.3 Å². The van der Waals surface area contributed by atoms with E-state index in [-0.39, 0.29) is 5.54 Å². The van der Waals surface area contributed by atoms with E-state index in [1.54, 1.807) is 0 Å². The Morgan fingerprint density at radius 1 is 1.73 bits per heavy atom. The van der Waals surface area contributed by atoms with E-state index in [4.69, 9.17) is 4.74 Å². The van der Waals surface area contributed by atoms with Gasteiger partial charge in [-0.15, -0.1) is 6.58 Å². The van der Waals surface area contributed by atoms with Crippen molar-refractivity contribution in [3.05, 3.63) is 12.7 Å². The Morgan fingerprint density at radius 2 is 2.45 bits per heavy atom. The molecule has 0 aromatic heterocycles. The van der Waals surface area contributed by atoms with Gasteiger partial charge in [-0.1, -0.05) is 6.08 Å². The fraction of sp³-hybridized carbons (Fsp3) is 0.778. The molecule has 0 spiro atoms. The molecule has 0 aromatic rings. The highest BCUT2D eigenvalue weighted by atomic mass is 16.5. The van der Waals surface area contributed by atoms with Crippen LogP contribution in [0.4, 0.5) is 0 Å². The maximum absolute atomic E-state index is 5.31. The number of hydrogen-bond donors (Lipinski definition) is 1. The molecule has 0 aromatic carbocycles. The molecule has 1 N–H and O–H groups in total. The normalized spacial score (nSPS) is 33.6. The van der Waals surface area contributed by atoms with Crippen molar-refractivity contribution >= 4 is 0 Å². The van der Waals surface area contributed by atoms with E-state index in [0.717, 1.165) is 19.6 Å². The number of nitrogens with one attached hydrogen (secondary N) is 1. The fourth-order valence-corrected chi connectivity index (χ4v) is 1.39. The largest absolute Gasteiger partial charge is 0.379 e. The molecule has 2 heteroatoms. The number of ether oxygens (including phenoxy) is 1. The summed E-state index contributed by atoms with van der Waals surface area (Å²) >= 11 is 0. The third kappa shape index (κ3) is 2.31. The van der Waals surface area contributed by atoms with Crippen molar-refractivity contribution < 1.29 is 4.74 Å². The summed E-state index contributed by atoms with van der Waals surface area (Å²) in [4.78, 5) is 0. The Hall–Kier alpha value is -0.340. The van der Waals surface area contributed by atoms with Gasteiger partial charge < -0.3 is 10.1 Å². The van der Waals surface area contributed by atoms with E-state index in [1.165, 1.54) is 0 Å². The summed E-state index contributed by atoms with van der Waals surface area (Å²) < 4.78 is 5.31. The van der Waals surface area contributed by atoms with Gasteiger partial charge in [-0.3, -0.25) is 0 Å². The molecule has 1 fully saturated rings. The predicted molar refractivity (Wildman–Crippen MR) is 46.6 cm³/mol. The van der Waals surface area contributed by atoms with Crippen LogP contribution in [0.2, 0.25) is 0 Å². The van der Waals surface area contributed by atoms with E-state index in [9.17, 15) is 0 Å². The average molecular weight is 155 g/mol. The van der Waals surface area contributed by atoms with Gasteiger partial charge in [-0.25, -0.2) is 0 Å². The predicted octanol–water partition coefficient (Wildman–Crippen LogP) is 1.33. The maximum atomic E-state index is 5.31. The Balaban J connectivity index is 2.39. The van der Waals surface area contributed by atoms with E-state index in [0.29, 0.717) is 6.04 Å². The molecule has 0 amide bonds. The SMILES string of the molecule is C=CC(C)NC1(C)CCOC1. The lowest BCUT2D eigenvalue weighted by molar-refractivity contribution is 0.170. The molecular formula is C9H17NO. The lowest BCUT2D eigenvalue weighted by Gasteiger charge is -2.26. The van der Waals surface area contributed by atoms with E-state index >= 15 is 0 Å². The van der Waals surface area contributed by atoms with Gasteiger partial charge in [0.2, 0.25) is 0 Å². The highest BCUT2D eigenvalue weighted by molar-refractivity contribution is 4.93. The van der Waals surface area contributed by atoms with Crippen LogP contribution in [0, 0.1) is 0 Å². The first-order valence-electron chi connectivity index (χ1n) is 4.14. The van der Waals surface area contributed by atoms with Gasteiger partial charge in [0.05, 0.1) is 6.61 Å². The van der Waals surface area contributed by atoms with Crippen LogP contribution in [0.15, 0.2) is 12.7 Å². The second kappa shape index (κ2) is 3.37. The lowest BCUT2D eigenvalue weighted by atomic mass is 10.0. The van der Waals surface area contributed by atoms with Crippen LogP contribution in [-0.2, 0) is 4.74 Å². The van der Waals surface area contributed by atoms with Crippen molar-refractivity contribution in [1.82, 2.24) is 5.32 Å². The Labute approximate surface area is 68.6 Å². The van der Waals surface area contributed by atoms with Gasteiger partial charge in [0.15, 0.2) is 0 Å². The van der Waals surface area contributed by atoms with Crippen molar-refractivity contribution in [2.24, 2.45) is 0 Å². The van der Waals surface area contributed by atoms with Crippen LogP contribution in [0.1, 0.15) is 20.3 Å². The molecule has 64 valence electrons. The highest BCUT2D eigenvalue weighted by Gasteiger charge is 2.29. The monoisotopic (exact) mass is 155 g/mol. The van der Waals surface area contributed by atoms with Crippen LogP contribution in [0.25, 0.3) is 0 Å². The molecule has 0 saturated carbocycles. The molecule has 1 aliphatic heterocycles. The molecule has 2 nitrogen and oxygen atoms in total. The number of rotatable bonds is 3. The first-order chi connectivity index (χ1) is 5.16. The minimum atomic E-state index is 0.174. The fourth-order valence-electron chi connectivity index (χ4n) is 1.39. The molecule has 2 unspecified atom stereocenters. The Kier molecular flexibility index (Phi) is 2.68. The van der Waals surface area contributed by atoms with Crippen molar-refractivity contribution in [2.75, 3.05) is 13.2 Å². The summed E-state index contributed by atoms with van der Waals surface area (Å²) in [6.45, 7) is 9.74. The van der Waals surface area contributed by atoms with Crippen molar-refractivity contribution in [2.45, 2.75) is 31.8 Å². The first kappa shape index (κ1) is 8.75. The van der Waals surface area contributed by atoms with Crippen molar-refractivity contribution in [3.63, 3.8) is 0 Å². The standard InChI is InChI=1S/C9H17NO/c1-4-8(2)10-9(3)5-6-11-7-9/h4,8,10H,1,5-7H2,2-3H3. The molecule has 2 atom stereocenters. The van der Waals surface area contributed by atoms with E-state index in [1.807, 2.05) is 6.08 Å². The van der Waals surface area contributed by atoms with E-state index < -0.39 is 0 Å². The zero-order valence-corrected chi connectivity index (χ0v) is 7.39. The highest BCUT2D eigenvalue weighted by Crippen LogP contribution is 2.17. The van der Waals surface area contributed by atoms with Crippen LogP contribution in [0.5, 0.6) is 0 Å². The Morgan fingerprint density at radius 3 is 2.91 bits per heavy atom. The smallest absolute Gasteiger partial charge is 0.0646 e. The second-order valence-electron chi connectivity index (χ2n) is 3.53. The van der Waals surface area contributed by atoms with Crippen molar-refractivity contribution in [1.29, 1.82) is 0 Å². The zero-order valence-electron chi connectivity index (χ0n) is 7.39. The third-order valence-corrected chi connectivity index (χ3v) is 2.15. The summed E-state index contributed by atoms with van der Waals surface area (Å²) in [6.07, 6.45) is 3.02. The molecule has 1 saturated heterocycles. The van der Waals surface area contributed by atoms with Crippen LogP contribution in [-0.4, -0.2) is 24.8 Å². The minimum Gasteiger partial charge on any atom is -0.379 e. The summed E-state index contributed by atoms with van der Waals surface area (Å²) in [7, 11) is 0. The van der Waals surface area contributed by atoms with Crippen LogP contribution >= 0.6 is 0 Å². The van der Waals surface area contributed by atoms with Gasteiger partial charge in [0.1, 0.15) is 0 Å². The Bertz CT molecular complexity index is 138. The van der Waals surface area contributed by atoms with Crippen molar-refractivity contribution in [3.8, 4) is 0 Å².